The molecule has 3 heteroatoms. The van der Waals surface area contributed by atoms with Gasteiger partial charge < -0.3 is 5.32 Å². The fraction of sp³-hybridized carbons (Fsp3) is 0.647. The Morgan fingerprint density at radius 3 is 2.55 bits per heavy atom. The summed E-state index contributed by atoms with van der Waals surface area (Å²) < 4.78 is 1.23. The van der Waals surface area contributed by atoms with Crippen LogP contribution in [0.1, 0.15) is 45.2 Å². The Bertz CT molecular complexity index is 393. The number of hydrogen-bond acceptors (Lipinski definition) is 2. The zero-order chi connectivity index (χ0) is 15.0. The van der Waals surface area contributed by atoms with Crippen molar-refractivity contribution in [2.24, 2.45) is 5.92 Å². The van der Waals surface area contributed by atoms with Crippen LogP contribution in [0.25, 0.3) is 0 Å². The summed E-state index contributed by atoms with van der Waals surface area (Å²) in [6, 6.07) is 6.74. The summed E-state index contributed by atoms with van der Waals surface area (Å²) in [6.07, 6.45) is 1.25. The van der Waals surface area contributed by atoms with Gasteiger partial charge in [0.05, 0.1) is 0 Å². The van der Waals surface area contributed by atoms with Gasteiger partial charge in [-0.3, -0.25) is 4.90 Å². The SMILES string of the molecule is CCNCc1ccc(CN(CC)CC(C)CC)c(Br)c1. The number of halogens is 1. The summed E-state index contributed by atoms with van der Waals surface area (Å²) in [7, 11) is 0. The van der Waals surface area contributed by atoms with E-state index in [0.717, 1.165) is 32.1 Å². The van der Waals surface area contributed by atoms with Gasteiger partial charge in [0.15, 0.2) is 0 Å². The van der Waals surface area contributed by atoms with Crippen LogP contribution in [-0.4, -0.2) is 24.5 Å². The first kappa shape index (κ1) is 17.7. The van der Waals surface area contributed by atoms with E-state index in [1.54, 1.807) is 0 Å². The van der Waals surface area contributed by atoms with Crippen molar-refractivity contribution in [1.82, 2.24) is 10.2 Å². The number of rotatable bonds is 9. The predicted molar refractivity (Wildman–Crippen MR) is 91.9 cm³/mol. The molecular weight excluding hydrogens is 312 g/mol. The van der Waals surface area contributed by atoms with Crippen molar-refractivity contribution in [2.45, 2.75) is 47.2 Å². The minimum absolute atomic E-state index is 0.766. The van der Waals surface area contributed by atoms with Crippen molar-refractivity contribution in [1.29, 1.82) is 0 Å². The highest BCUT2D eigenvalue weighted by Crippen LogP contribution is 2.21. The molecule has 1 N–H and O–H groups in total. The van der Waals surface area contributed by atoms with E-state index >= 15 is 0 Å². The van der Waals surface area contributed by atoms with Gasteiger partial charge in [-0.25, -0.2) is 0 Å². The summed E-state index contributed by atoms with van der Waals surface area (Å²) in [4.78, 5) is 2.53. The Morgan fingerprint density at radius 1 is 1.25 bits per heavy atom. The second-order valence-electron chi connectivity index (χ2n) is 5.55. The van der Waals surface area contributed by atoms with Gasteiger partial charge in [0.25, 0.3) is 0 Å². The molecule has 0 aromatic heterocycles. The van der Waals surface area contributed by atoms with Crippen LogP contribution >= 0.6 is 15.9 Å². The van der Waals surface area contributed by atoms with Crippen molar-refractivity contribution < 1.29 is 0 Å². The standard InChI is InChI=1S/C17H29BrN2/c1-5-14(4)12-20(7-3)13-16-9-8-15(10-17(16)18)11-19-6-2/h8-10,14,19H,5-7,11-13H2,1-4H3. The molecule has 1 aromatic carbocycles. The van der Waals surface area contributed by atoms with Crippen molar-refractivity contribution in [2.75, 3.05) is 19.6 Å². The third-order valence-corrected chi connectivity index (χ3v) is 4.54. The van der Waals surface area contributed by atoms with Crippen molar-refractivity contribution in [3.05, 3.63) is 33.8 Å². The zero-order valence-electron chi connectivity index (χ0n) is 13.4. The number of nitrogens with zero attached hydrogens (tertiary/aromatic N) is 1. The van der Waals surface area contributed by atoms with Crippen LogP contribution in [0.5, 0.6) is 0 Å². The van der Waals surface area contributed by atoms with Crippen LogP contribution in [0.15, 0.2) is 22.7 Å². The lowest BCUT2D eigenvalue weighted by Crippen LogP contribution is -2.28. The van der Waals surface area contributed by atoms with Crippen molar-refractivity contribution in [3.63, 3.8) is 0 Å². The minimum atomic E-state index is 0.766. The lowest BCUT2D eigenvalue weighted by molar-refractivity contribution is 0.237. The molecule has 0 saturated carbocycles. The first-order valence-corrected chi connectivity index (χ1v) is 8.60. The summed E-state index contributed by atoms with van der Waals surface area (Å²) in [5.41, 5.74) is 2.72. The van der Waals surface area contributed by atoms with E-state index in [2.05, 4.69) is 72.0 Å². The van der Waals surface area contributed by atoms with Gasteiger partial charge in [-0.2, -0.15) is 0 Å². The van der Waals surface area contributed by atoms with E-state index in [9.17, 15) is 0 Å². The Balaban J connectivity index is 2.66. The molecule has 114 valence electrons. The van der Waals surface area contributed by atoms with Gasteiger partial charge in [0.2, 0.25) is 0 Å². The molecule has 0 saturated heterocycles. The molecule has 0 spiro atoms. The lowest BCUT2D eigenvalue weighted by atomic mass is 10.1. The topological polar surface area (TPSA) is 15.3 Å². The molecule has 0 aliphatic rings. The highest BCUT2D eigenvalue weighted by atomic mass is 79.9. The summed E-state index contributed by atoms with van der Waals surface area (Å²) in [6.45, 7) is 14.3. The Labute approximate surface area is 133 Å². The fourth-order valence-corrected chi connectivity index (χ4v) is 2.77. The van der Waals surface area contributed by atoms with Gasteiger partial charge in [0, 0.05) is 24.1 Å². The van der Waals surface area contributed by atoms with Crippen LogP contribution in [0.2, 0.25) is 0 Å². The van der Waals surface area contributed by atoms with E-state index < -0.39 is 0 Å². The average molecular weight is 341 g/mol. The third kappa shape index (κ3) is 5.94. The highest BCUT2D eigenvalue weighted by Gasteiger charge is 2.10. The van der Waals surface area contributed by atoms with E-state index in [1.807, 2.05) is 0 Å². The molecule has 0 fully saturated rings. The number of hydrogen-bond donors (Lipinski definition) is 1. The summed E-state index contributed by atoms with van der Waals surface area (Å²) in [5, 5.41) is 3.37. The Hall–Kier alpha value is -0.380. The van der Waals surface area contributed by atoms with Crippen LogP contribution in [0.4, 0.5) is 0 Å². The summed E-state index contributed by atoms with van der Waals surface area (Å²) >= 11 is 3.73. The molecular formula is C17H29BrN2. The molecule has 20 heavy (non-hydrogen) atoms. The lowest BCUT2D eigenvalue weighted by Gasteiger charge is -2.24. The third-order valence-electron chi connectivity index (χ3n) is 3.80. The molecule has 1 aromatic rings. The molecule has 2 nitrogen and oxygen atoms in total. The first-order valence-electron chi connectivity index (χ1n) is 7.81. The van der Waals surface area contributed by atoms with Crippen LogP contribution in [-0.2, 0) is 13.1 Å². The van der Waals surface area contributed by atoms with Crippen molar-refractivity contribution in [3.8, 4) is 0 Å². The maximum Gasteiger partial charge on any atom is 0.0244 e. The molecule has 0 radical (unpaired) electrons. The Kier molecular flexibility index (Phi) is 8.43. The zero-order valence-corrected chi connectivity index (χ0v) is 15.0. The quantitative estimate of drug-likeness (QED) is 0.715. The van der Waals surface area contributed by atoms with Gasteiger partial charge in [-0.05, 0) is 36.2 Å². The van der Waals surface area contributed by atoms with E-state index in [0.29, 0.717) is 0 Å². The highest BCUT2D eigenvalue weighted by molar-refractivity contribution is 9.10. The smallest absolute Gasteiger partial charge is 0.0244 e. The maximum atomic E-state index is 3.73. The van der Waals surface area contributed by atoms with Gasteiger partial charge >= 0.3 is 0 Å². The van der Waals surface area contributed by atoms with Crippen molar-refractivity contribution >= 4 is 15.9 Å². The van der Waals surface area contributed by atoms with Crippen LogP contribution in [0.3, 0.4) is 0 Å². The number of nitrogens with one attached hydrogen (secondary N) is 1. The molecule has 0 heterocycles. The second kappa shape index (κ2) is 9.54. The van der Waals surface area contributed by atoms with E-state index in [4.69, 9.17) is 0 Å². The Morgan fingerprint density at radius 2 is 2.00 bits per heavy atom. The average Bonchev–Trinajstić information content (AvgIpc) is 2.46. The normalized spacial score (nSPS) is 12.9. The number of benzene rings is 1. The maximum absolute atomic E-state index is 3.73. The summed E-state index contributed by atoms with van der Waals surface area (Å²) in [5.74, 6) is 0.766. The van der Waals surface area contributed by atoms with Gasteiger partial charge in [-0.15, -0.1) is 0 Å². The predicted octanol–water partition coefficient (Wildman–Crippen LogP) is 4.43. The van der Waals surface area contributed by atoms with Gasteiger partial charge in [-0.1, -0.05) is 62.2 Å². The molecule has 1 unspecified atom stereocenters. The van der Waals surface area contributed by atoms with E-state index in [1.165, 1.54) is 28.6 Å². The van der Waals surface area contributed by atoms with Crippen LogP contribution in [0, 0.1) is 5.92 Å². The fourth-order valence-electron chi connectivity index (χ4n) is 2.21. The molecule has 1 rings (SSSR count). The molecule has 0 amide bonds. The second-order valence-corrected chi connectivity index (χ2v) is 6.40. The van der Waals surface area contributed by atoms with Gasteiger partial charge in [0.1, 0.15) is 0 Å². The molecule has 0 aliphatic heterocycles. The molecule has 0 aliphatic carbocycles. The largest absolute Gasteiger partial charge is 0.313 e. The monoisotopic (exact) mass is 340 g/mol. The van der Waals surface area contributed by atoms with Crippen LogP contribution < -0.4 is 5.32 Å². The minimum Gasteiger partial charge on any atom is -0.313 e. The van der Waals surface area contributed by atoms with E-state index in [-0.39, 0.29) is 0 Å². The first-order chi connectivity index (χ1) is 9.60. The molecule has 1 atom stereocenters. The molecule has 0 bridgehead atoms.